The molecule has 4 aromatic rings. The summed E-state index contributed by atoms with van der Waals surface area (Å²) in [4.78, 5) is 0. The Morgan fingerprint density at radius 1 is 0.396 bits per heavy atom. The van der Waals surface area contributed by atoms with E-state index in [1.807, 2.05) is 0 Å². The third-order valence-electron chi connectivity index (χ3n) is 6.49. The molecule has 0 spiro atoms. The minimum atomic E-state index is -10.7. The van der Waals surface area contributed by atoms with Crippen LogP contribution in [0.1, 0.15) is 63.8 Å². The summed E-state index contributed by atoms with van der Waals surface area (Å²) in [7, 11) is -21.3. The molecule has 0 aliphatic rings. The first-order chi connectivity index (χ1) is 21.0. The molecule has 2 aromatic carbocycles. The zero-order chi connectivity index (χ0) is 37.2. The number of aromatic nitrogens is 2. The molecular formula is C32H38F12N2P2. The van der Waals surface area contributed by atoms with Crippen molar-refractivity contribution in [2.75, 3.05) is 0 Å². The van der Waals surface area contributed by atoms with Gasteiger partial charge in [0.1, 0.15) is 0 Å². The van der Waals surface area contributed by atoms with Gasteiger partial charge >= 0.3 is 66.0 Å². The Labute approximate surface area is 271 Å². The van der Waals surface area contributed by atoms with Crippen molar-refractivity contribution in [3.63, 3.8) is 0 Å². The number of pyridine rings is 2. The average Bonchev–Trinajstić information content (AvgIpc) is 2.86. The summed E-state index contributed by atoms with van der Waals surface area (Å²) < 4.78 is 123. The second kappa shape index (κ2) is 12.3. The topological polar surface area (TPSA) is 7.76 Å². The second-order valence-electron chi connectivity index (χ2n) is 13.3. The molecule has 0 bridgehead atoms. The van der Waals surface area contributed by atoms with Gasteiger partial charge in [0, 0.05) is 35.4 Å². The van der Waals surface area contributed by atoms with Crippen molar-refractivity contribution in [3.05, 3.63) is 120 Å². The van der Waals surface area contributed by atoms with E-state index in [1.165, 1.54) is 33.4 Å². The van der Waals surface area contributed by atoms with Crippen LogP contribution in [0.4, 0.5) is 50.4 Å². The Hall–Kier alpha value is -3.24. The van der Waals surface area contributed by atoms with E-state index in [4.69, 9.17) is 0 Å². The van der Waals surface area contributed by atoms with Gasteiger partial charge < -0.3 is 0 Å². The molecule has 0 N–H and O–H groups in total. The maximum absolute atomic E-state index is 10.7. The molecule has 16 heteroatoms. The van der Waals surface area contributed by atoms with Crippen LogP contribution in [0, 0.1) is 0 Å². The fourth-order valence-corrected chi connectivity index (χ4v) is 4.15. The molecule has 0 radical (unpaired) electrons. The molecule has 0 atom stereocenters. The first-order valence-corrected chi connectivity index (χ1v) is 18.3. The standard InChI is InChI=1S/C32H38N2.2F6P/c1-31(2,3)29-11-7-25(8-12-29)23-33-19-15-27(16-20-33)28-17-21-34(22-18-28)24-26-9-13-30(14-10-26)32(4,5)6;2*1-7(2,3,4,5)6/h7-22H,23-24H2,1-6H3;;/q+2;2*-1. The summed E-state index contributed by atoms with van der Waals surface area (Å²) in [5.41, 5.74) is 8.25. The van der Waals surface area contributed by atoms with Crippen molar-refractivity contribution < 1.29 is 59.5 Å². The van der Waals surface area contributed by atoms with E-state index >= 15 is 0 Å². The molecule has 0 aliphatic heterocycles. The number of hydrogen-bond donors (Lipinski definition) is 0. The second-order valence-corrected chi connectivity index (χ2v) is 17.2. The third-order valence-corrected chi connectivity index (χ3v) is 6.49. The van der Waals surface area contributed by atoms with Gasteiger partial charge in [0.15, 0.2) is 37.9 Å². The molecule has 48 heavy (non-hydrogen) atoms. The van der Waals surface area contributed by atoms with E-state index in [9.17, 15) is 50.4 Å². The van der Waals surface area contributed by atoms with Crippen LogP contribution >= 0.6 is 15.6 Å². The predicted molar refractivity (Wildman–Crippen MR) is 168 cm³/mol. The molecule has 0 saturated heterocycles. The van der Waals surface area contributed by atoms with E-state index in [0.29, 0.717) is 0 Å². The van der Waals surface area contributed by atoms with Crippen molar-refractivity contribution in [1.29, 1.82) is 0 Å². The van der Waals surface area contributed by atoms with Crippen LogP contribution in [-0.4, -0.2) is 0 Å². The van der Waals surface area contributed by atoms with Gasteiger partial charge in [0.05, 0.1) is 0 Å². The van der Waals surface area contributed by atoms with E-state index in [1.54, 1.807) is 0 Å². The van der Waals surface area contributed by atoms with E-state index in [-0.39, 0.29) is 10.8 Å². The van der Waals surface area contributed by atoms with E-state index < -0.39 is 15.6 Å². The maximum atomic E-state index is 9.87. The fraction of sp³-hybridized carbons (Fsp3) is 0.312. The summed E-state index contributed by atoms with van der Waals surface area (Å²) in [6.07, 6.45) is 8.69. The van der Waals surface area contributed by atoms with Gasteiger partial charge in [0.2, 0.25) is 0 Å². The number of benzene rings is 2. The normalized spacial score (nSPS) is 15.3. The molecule has 0 unspecified atom stereocenters. The van der Waals surface area contributed by atoms with Crippen LogP contribution in [0.5, 0.6) is 0 Å². The molecule has 0 fully saturated rings. The number of rotatable bonds is 5. The summed E-state index contributed by atoms with van der Waals surface area (Å²) >= 11 is 0. The van der Waals surface area contributed by atoms with Crippen molar-refractivity contribution >= 4 is 15.6 Å². The molecular weight excluding hydrogens is 702 g/mol. The summed E-state index contributed by atoms with van der Waals surface area (Å²) in [5.74, 6) is 0. The number of nitrogens with zero attached hydrogens (tertiary/aromatic N) is 2. The third kappa shape index (κ3) is 20.2. The average molecular weight is 741 g/mol. The molecule has 0 aliphatic carbocycles. The van der Waals surface area contributed by atoms with Crippen LogP contribution in [-0.2, 0) is 23.9 Å². The zero-order valence-electron chi connectivity index (χ0n) is 27.0. The number of halogens is 12. The Morgan fingerprint density at radius 3 is 0.792 bits per heavy atom. The van der Waals surface area contributed by atoms with E-state index in [0.717, 1.165) is 13.1 Å². The SMILES string of the molecule is CC(C)(C)c1ccc(C[n+]2ccc(-c3cc[n+](Cc4ccc(C(C)(C)C)cc4)cc3)cc2)cc1.F[P-](F)(F)(F)(F)F.F[P-](F)(F)(F)(F)F. The Kier molecular flexibility index (Phi) is 10.5. The van der Waals surface area contributed by atoms with Crippen molar-refractivity contribution in [1.82, 2.24) is 0 Å². The fourth-order valence-electron chi connectivity index (χ4n) is 4.15. The van der Waals surface area contributed by atoms with Gasteiger partial charge in [-0.15, -0.1) is 0 Å². The Bertz CT molecular complexity index is 1500. The summed E-state index contributed by atoms with van der Waals surface area (Å²) in [6, 6.07) is 26.8. The Balaban J connectivity index is 0.000000479. The quantitative estimate of drug-likeness (QED) is 0.109. The van der Waals surface area contributed by atoms with Gasteiger partial charge in [-0.2, -0.15) is 0 Å². The zero-order valence-corrected chi connectivity index (χ0v) is 28.8. The molecule has 4 rings (SSSR count). The molecule has 2 aromatic heterocycles. The van der Waals surface area contributed by atoms with Crippen LogP contribution in [0.2, 0.25) is 0 Å². The van der Waals surface area contributed by atoms with Crippen molar-refractivity contribution in [2.24, 2.45) is 0 Å². The molecule has 270 valence electrons. The number of hydrogen-bond acceptors (Lipinski definition) is 0. The predicted octanol–water partition coefficient (Wildman–Crippen LogP) is 13.4. The Morgan fingerprint density at radius 2 is 0.604 bits per heavy atom. The van der Waals surface area contributed by atoms with Crippen LogP contribution < -0.4 is 9.13 Å². The minimum absolute atomic E-state index is 0.192. The first-order valence-electron chi connectivity index (χ1n) is 14.3. The molecule has 0 saturated carbocycles. The monoisotopic (exact) mass is 740 g/mol. The van der Waals surface area contributed by atoms with Crippen LogP contribution in [0.25, 0.3) is 11.1 Å². The van der Waals surface area contributed by atoms with Crippen LogP contribution in [0.3, 0.4) is 0 Å². The van der Waals surface area contributed by atoms with Gasteiger partial charge in [-0.25, -0.2) is 9.13 Å². The van der Waals surface area contributed by atoms with Gasteiger partial charge in [-0.05, 0) is 33.1 Å². The summed E-state index contributed by atoms with van der Waals surface area (Å²) in [6.45, 7) is 15.3. The van der Waals surface area contributed by atoms with E-state index in [2.05, 4.69) is 148 Å². The van der Waals surface area contributed by atoms with Gasteiger partial charge in [-0.1, -0.05) is 90.1 Å². The van der Waals surface area contributed by atoms with Gasteiger partial charge in [0.25, 0.3) is 0 Å². The molecule has 2 heterocycles. The van der Waals surface area contributed by atoms with Crippen LogP contribution in [0.15, 0.2) is 97.6 Å². The molecule has 2 nitrogen and oxygen atoms in total. The first kappa shape index (κ1) is 40.9. The molecule has 0 amide bonds. The van der Waals surface area contributed by atoms with Gasteiger partial charge in [-0.3, -0.25) is 0 Å². The summed E-state index contributed by atoms with van der Waals surface area (Å²) in [5, 5.41) is 0. The van der Waals surface area contributed by atoms with Crippen molar-refractivity contribution in [3.8, 4) is 11.1 Å². The van der Waals surface area contributed by atoms with Crippen molar-refractivity contribution in [2.45, 2.75) is 65.5 Å².